The second-order valence-corrected chi connectivity index (χ2v) is 3.47. The molecule has 1 saturated heterocycles. The first-order valence-electron chi connectivity index (χ1n) is 4.83. The summed E-state index contributed by atoms with van der Waals surface area (Å²) in [5, 5.41) is 12.6. The molecule has 15 heavy (non-hydrogen) atoms. The van der Waals surface area contributed by atoms with Gasteiger partial charge in [-0.15, -0.1) is 0 Å². The molecule has 1 heterocycles. The normalized spacial score (nSPS) is 16.8. The van der Waals surface area contributed by atoms with E-state index in [2.05, 4.69) is 5.32 Å². The first-order valence-corrected chi connectivity index (χ1v) is 4.83. The van der Waals surface area contributed by atoms with Crippen LogP contribution in [0, 0.1) is 11.6 Å². The van der Waals surface area contributed by atoms with Gasteiger partial charge in [-0.25, -0.2) is 4.39 Å². The van der Waals surface area contributed by atoms with E-state index >= 15 is 0 Å². The van der Waals surface area contributed by atoms with Crippen LogP contribution in [0.4, 0.5) is 14.5 Å². The molecule has 0 spiro atoms. The first-order chi connectivity index (χ1) is 7.20. The molecule has 82 valence electrons. The summed E-state index contributed by atoms with van der Waals surface area (Å²) in [7, 11) is 0. The van der Waals surface area contributed by atoms with Crippen molar-refractivity contribution in [3.05, 3.63) is 23.8 Å². The monoisotopic (exact) mass is 214 g/mol. The maximum absolute atomic E-state index is 13.1. The molecular formula is C10H12F2N2O. The second-order valence-electron chi connectivity index (χ2n) is 3.47. The molecule has 1 fully saturated rings. The van der Waals surface area contributed by atoms with Crippen molar-refractivity contribution in [2.45, 2.75) is 0 Å². The smallest absolute Gasteiger partial charge is 0.202 e. The summed E-state index contributed by atoms with van der Waals surface area (Å²) in [4.78, 5) is 1.83. The van der Waals surface area contributed by atoms with E-state index in [9.17, 15) is 13.9 Å². The number of benzene rings is 1. The third kappa shape index (κ3) is 1.87. The number of hydrogen-bond donors (Lipinski definition) is 2. The van der Waals surface area contributed by atoms with Crippen molar-refractivity contribution in [3.63, 3.8) is 0 Å². The van der Waals surface area contributed by atoms with Gasteiger partial charge in [-0.1, -0.05) is 0 Å². The Morgan fingerprint density at radius 3 is 2.53 bits per heavy atom. The summed E-state index contributed by atoms with van der Waals surface area (Å²) >= 11 is 0. The zero-order valence-corrected chi connectivity index (χ0v) is 8.13. The minimum absolute atomic E-state index is 0.357. The van der Waals surface area contributed by atoms with Crippen molar-refractivity contribution in [2.24, 2.45) is 0 Å². The Morgan fingerprint density at radius 2 is 1.87 bits per heavy atom. The fourth-order valence-corrected chi connectivity index (χ4v) is 1.69. The van der Waals surface area contributed by atoms with Crippen LogP contribution in [0.3, 0.4) is 0 Å². The van der Waals surface area contributed by atoms with E-state index in [1.54, 1.807) is 0 Å². The number of hydrogen-bond acceptors (Lipinski definition) is 3. The highest BCUT2D eigenvalue weighted by atomic mass is 19.2. The molecule has 1 aliphatic rings. The van der Waals surface area contributed by atoms with Gasteiger partial charge in [0.05, 0.1) is 5.69 Å². The van der Waals surface area contributed by atoms with Crippen molar-refractivity contribution in [2.75, 3.05) is 31.1 Å². The van der Waals surface area contributed by atoms with Crippen molar-refractivity contribution < 1.29 is 13.9 Å². The largest absolute Gasteiger partial charge is 0.503 e. The fourth-order valence-electron chi connectivity index (χ4n) is 1.69. The Balaban J connectivity index is 2.31. The predicted molar refractivity (Wildman–Crippen MR) is 53.1 cm³/mol. The molecule has 0 radical (unpaired) electrons. The summed E-state index contributed by atoms with van der Waals surface area (Å²) < 4.78 is 25.8. The topological polar surface area (TPSA) is 35.5 Å². The summed E-state index contributed by atoms with van der Waals surface area (Å²) in [6, 6.07) is 2.44. The maximum atomic E-state index is 13.1. The molecule has 1 aromatic carbocycles. The molecule has 1 aromatic rings. The van der Waals surface area contributed by atoms with Gasteiger partial charge in [0.15, 0.2) is 11.6 Å². The minimum atomic E-state index is -1.17. The number of rotatable bonds is 1. The van der Waals surface area contributed by atoms with Crippen LogP contribution in [0.2, 0.25) is 0 Å². The van der Waals surface area contributed by atoms with E-state index in [-0.39, 0.29) is 0 Å². The van der Waals surface area contributed by atoms with E-state index in [0.717, 1.165) is 19.2 Å². The number of aromatic hydroxyl groups is 1. The lowest BCUT2D eigenvalue weighted by Crippen LogP contribution is -2.43. The zero-order valence-electron chi connectivity index (χ0n) is 8.13. The molecule has 0 unspecified atom stereocenters. The van der Waals surface area contributed by atoms with Crippen LogP contribution in [0.5, 0.6) is 5.75 Å². The van der Waals surface area contributed by atoms with Crippen LogP contribution in [0.25, 0.3) is 0 Å². The highest BCUT2D eigenvalue weighted by Crippen LogP contribution is 2.31. The quantitative estimate of drug-likeness (QED) is 0.734. The van der Waals surface area contributed by atoms with Crippen LogP contribution >= 0.6 is 0 Å². The molecule has 0 aliphatic carbocycles. The summed E-state index contributed by atoms with van der Waals surface area (Å²) in [5.41, 5.74) is 0.357. The van der Waals surface area contributed by atoms with Crippen molar-refractivity contribution >= 4 is 5.69 Å². The van der Waals surface area contributed by atoms with E-state index in [1.807, 2.05) is 4.90 Å². The average Bonchev–Trinajstić information content (AvgIpc) is 2.27. The predicted octanol–water partition coefficient (Wildman–Crippen LogP) is 1.08. The van der Waals surface area contributed by atoms with Crippen LogP contribution in [0.15, 0.2) is 12.1 Å². The number of nitrogens with one attached hydrogen (secondary N) is 1. The van der Waals surface area contributed by atoms with Gasteiger partial charge in [0.1, 0.15) is 0 Å². The molecule has 0 atom stereocenters. The van der Waals surface area contributed by atoms with E-state index in [0.29, 0.717) is 18.8 Å². The van der Waals surface area contributed by atoms with Crippen LogP contribution < -0.4 is 10.2 Å². The fraction of sp³-hybridized carbons (Fsp3) is 0.400. The number of halogens is 2. The molecule has 1 aliphatic heterocycles. The van der Waals surface area contributed by atoms with Gasteiger partial charge in [0, 0.05) is 26.2 Å². The van der Waals surface area contributed by atoms with E-state index in [1.165, 1.54) is 6.07 Å². The van der Waals surface area contributed by atoms with Gasteiger partial charge in [-0.2, -0.15) is 4.39 Å². The first kappa shape index (κ1) is 10.2. The molecular weight excluding hydrogens is 202 g/mol. The summed E-state index contributed by atoms with van der Waals surface area (Å²) in [6.07, 6.45) is 0. The van der Waals surface area contributed by atoms with Crippen molar-refractivity contribution in [3.8, 4) is 5.75 Å². The third-order valence-corrected chi connectivity index (χ3v) is 2.51. The molecule has 0 bridgehead atoms. The van der Waals surface area contributed by atoms with Crippen molar-refractivity contribution in [1.82, 2.24) is 5.32 Å². The lowest BCUT2D eigenvalue weighted by atomic mass is 10.2. The van der Waals surface area contributed by atoms with Crippen LogP contribution in [0.1, 0.15) is 0 Å². The van der Waals surface area contributed by atoms with Crippen LogP contribution in [-0.2, 0) is 0 Å². The zero-order chi connectivity index (χ0) is 10.8. The maximum Gasteiger partial charge on any atom is 0.202 e. The van der Waals surface area contributed by atoms with E-state index in [4.69, 9.17) is 0 Å². The number of phenols is 1. The minimum Gasteiger partial charge on any atom is -0.503 e. The SMILES string of the molecule is Oc1c(N2CCNCC2)ccc(F)c1F. The lowest BCUT2D eigenvalue weighted by molar-refractivity contribution is 0.405. The molecule has 2 rings (SSSR count). The Labute approximate surface area is 86.3 Å². The summed E-state index contributed by atoms with van der Waals surface area (Å²) in [6.45, 7) is 2.91. The molecule has 0 amide bonds. The Kier molecular flexibility index (Phi) is 2.73. The lowest BCUT2D eigenvalue weighted by Gasteiger charge is -2.29. The van der Waals surface area contributed by atoms with E-state index < -0.39 is 17.4 Å². The molecule has 3 nitrogen and oxygen atoms in total. The number of phenolic OH excluding ortho intramolecular Hbond substituents is 1. The van der Waals surface area contributed by atoms with Gasteiger partial charge < -0.3 is 15.3 Å². The standard InChI is InChI=1S/C10H12F2N2O/c11-7-1-2-8(10(15)9(7)12)14-5-3-13-4-6-14/h1-2,13,15H,3-6H2. The van der Waals surface area contributed by atoms with Gasteiger partial charge in [-0.3, -0.25) is 0 Å². The Hall–Kier alpha value is -1.36. The third-order valence-electron chi connectivity index (χ3n) is 2.51. The highest BCUT2D eigenvalue weighted by Gasteiger charge is 2.18. The molecule has 0 aromatic heterocycles. The summed E-state index contributed by atoms with van der Waals surface area (Å²) in [5.74, 6) is -2.80. The molecule has 0 saturated carbocycles. The van der Waals surface area contributed by atoms with Crippen LogP contribution in [-0.4, -0.2) is 31.3 Å². The Bertz CT molecular complexity index is 365. The number of anilines is 1. The molecule has 5 heteroatoms. The Morgan fingerprint density at radius 1 is 1.20 bits per heavy atom. The van der Waals surface area contributed by atoms with Gasteiger partial charge in [0.2, 0.25) is 5.82 Å². The average molecular weight is 214 g/mol. The van der Waals surface area contributed by atoms with Crippen molar-refractivity contribution in [1.29, 1.82) is 0 Å². The second kappa shape index (κ2) is 4.02. The van der Waals surface area contributed by atoms with Gasteiger partial charge >= 0.3 is 0 Å². The number of piperazine rings is 1. The highest BCUT2D eigenvalue weighted by molar-refractivity contribution is 5.58. The number of nitrogens with zero attached hydrogens (tertiary/aromatic N) is 1. The van der Waals surface area contributed by atoms with Gasteiger partial charge in [-0.05, 0) is 12.1 Å². The molecule has 2 N–H and O–H groups in total. The van der Waals surface area contributed by atoms with Gasteiger partial charge in [0.25, 0.3) is 0 Å².